The number of benzene rings is 4. The van der Waals surface area contributed by atoms with Crippen LogP contribution in [0.3, 0.4) is 0 Å². The van der Waals surface area contributed by atoms with Crippen molar-refractivity contribution in [2.75, 3.05) is 0 Å². The minimum absolute atomic E-state index is 0.0221. The largest absolute Gasteiger partial charge is 0.507 e. The Kier molecular flexibility index (Phi) is 5.03. The minimum Gasteiger partial charge on any atom is -0.507 e. The van der Waals surface area contributed by atoms with Gasteiger partial charge < -0.3 is 10.2 Å². The Morgan fingerprint density at radius 2 is 1.14 bits per heavy atom. The number of aromatic hydroxyl groups is 2. The molecule has 0 unspecified atom stereocenters. The highest BCUT2D eigenvalue weighted by Crippen LogP contribution is 2.49. The van der Waals surface area contributed by atoms with Gasteiger partial charge in [0.05, 0.1) is 5.30 Å². The van der Waals surface area contributed by atoms with E-state index in [9.17, 15) is 19.3 Å². The van der Waals surface area contributed by atoms with E-state index in [1.54, 1.807) is 18.2 Å². The second-order valence-electron chi connectivity index (χ2n) is 6.55. The van der Waals surface area contributed by atoms with Crippen molar-refractivity contribution in [3.8, 4) is 44.9 Å². The highest BCUT2D eigenvalue weighted by Gasteiger charge is 2.23. The average Bonchev–Trinajstić information content (AvgIpc) is 2.76. The van der Waals surface area contributed by atoms with Crippen molar-refractivity contribution >= 4 is 13.0 Å². The molecule has 4 nitrogen and oxygen atoms in total. The van der Waals surface area contributed by atoms with Crippen LogP contribution in [0.4, 0.5) is 0 Å². The smallest absolute Gasteiger partial charge is 0.349 e. The molecule has 4 aromatic carbocycles. The van der Waals surface area contributed by atoms with Gasteiger partial charge in [-0.25, -0.2) is 9.13 Å². The molecule has 29 heavy (non-hydrogen) atoms. The summed E-state index contributed by atoms with van der Waals surface area (Å²) in [5, 5.41) is 22.3. The number of hydrogen-bond donors (Lipinski definition) is 2. The lowest BCUT2D eigenvalue weighted by atomic mass is 9.89. The van der Waals surface area contributed by atoms with Crippen LogP contribution in [-0.2, 0) is 9.13 Å². The lowest BCUT2D eigenvalue weighted by Crippen LogP contribution is -2.01. The van der Waals surface area contributed by atoms with E-state index in [1.165, 1.54) is 12.1 Å². The summed E-state index contributed by atoms with van der Waals surface area (Å²) in [5.41, 5.74) is 2.89. The first kappa shape index (κ1) is 18.7. The molecule has 0 fully saturated rings. The number of hydrogen-bond acceptors (Lipinski definition) is 4. The third-order valence-corrected chi connectivity index (χ3v) is 5.58. The molecule has 0 atom stereocenters. The molecule has 0 aromatic heterocycles. The van der Waals surface area contributed by atoms with Gasteiger partial charge in [-0.3, -0.25) is 0 Å². The lowest BCUT2D eigenvalue weighted by molar-refractivity contribution is 0.465. The first-order valence-electron chi connectivity index (χ1n) is 9.01. The Morgan fingerprint density at radius 3 is 1.76 bits per heavy atom. The number of rotatable bonds is 4. The summed E-state index contributed by atoms with van der Waals surface area (Å²) in [6, 6.07) is 26.3. The van der Waals surface area contributed by atoms with Gasteiger partial charge in [0.1, 0.15) is 11.5 Å². The standard InChI is InChI=1S/C24H17O4P/c25-20-15-19(16-9-3-1-4-10-16)24(26)22(17-11-5-2-6-12-17)23(20)18-13-7-8-14-21(18)29(27)28/h1-15,25-26H. The van der Waals surface area contributed by atoms with E-state index in [0.717, 1.165) is 5.56 Å². The molecule has 0 radical (unpaired) electrons. The van der Waals surface area contributed by atoms with Crippen LogP contribution in [0.5, 0.6) is 11.5 Å². The van der Waals surface area contributed by atoms with Crippen molar-refractivity contribution < 1.29 is 19.3 Å². The highest BCUT2D eigenvalue weighted by molar-refractivity contribution is 7.41. The van der Waals surface area contributed by atoms with Crippen molar-refractivity contribution in [3.05, 3.63) is 91.0 Å². The second kappa shape index (κ2) is 7.78. The van der Waals surface area contributed by atoms with Crippen molar-refractivity contribution in [2.24, 2.45) is 0 Å². The van der Waals surface area contributed by atoms with Crippen molar-refractivity contribution in [1.82, 2.24) is 0 Å². The third kappa shape index (κ3) is 3.46. The quantitative estimate of drug-likeness (QED) is 0.331. The predicted molar refractivity (Wildman–Crippen MR) is 114 cm³/mol. The maximum atomic E-state index is 11.8. The van der Waals surface area contributed by atoms with Crippen LogP contribution in [0.2, 0.25) is 0 Å². The lowest BCUT2D eigenvalue weighted by Gasteiger charge is -2.18. The van der Waals surface area contributed by atoms with Crippen LogP contribution in [0.15, 0.2) is 91.0 Å². The molecule has 0 heterocycles. The summed E-state index contributed by atoms with van der Waals surface area (Å²) in [6.07, 6.45) is 0. The topological polar surface area (TPSA) is 74.6 Å². The first-order valence-corrected chi connectivity index (χ1v) is 10.2. The summed E-state index contributed by atoms with van der Waals surface area (Å²) in [5.74, 6) is -0.129. The molecule has 2 N–H and O–H groups in total. The fourth-order valence-corrected chi connectivity index (χ4v) is 4.09. The molecule has 4 aromatic rings. The SMILES string of the molecule is O=P(=O)c1ccccc1-c1c(O)cc(-c2ccccc2)c(O)c1-c1ccccc1. The van der Waals surface area contributed by atoms with Crippen LogP contribution >= 0.6 is 7.68 Å². The molecule has 0 spiro atoms. The van der Waals surface area contributed by atoms with E-state index in [0.29, 0.717) is 22.3 Å². The molecular formula is C24H17O4P. The molecule has 0 saturated carbocycles. The Hall–Kier alpha value is -3.62. The molecule has 5 heteroatoms. The van der Waals surface area contributed by atoms with Gasteiger partial charge in [0.15, 0.2) is 0 Å². The molecule has 4 rings (SSSR count). The van der Waals surface area contributed by atoms with Crippen LogP contribution in [0, 0.1) is 0 Å². The zero-order chi connectivity index (χ0) is 20.4. The van der Waals surface area contributed by atoms with Gasteiger partial charge in [0.25, 0.3) is 0 Å². The minimum atomic E-state index is -2.89. The molecule has 142 valence electrons. The molecule has 0 aliphatic carbocycles. The Labute approximate surface area is 168 Å². The van der Waals surface area contributed by atoms with Gasteiger partial charge in [0.2, 0.25) is 0 Å². The van der Waals surface area contributed by atoms with Gasteiger partial charge >= 0.3 is 7.68 Å². The van der Waals surface area contributed by atoms with E-state index in [4.69, 9.17) is 0 Å². The number of phenolic OH excluding ortho intramolecular Hbond substituents is 2. The van der Waals surface area contributed by atoms with Crippen LogP contribution < -0.4 is 5.30 Å². The summed E-state index contributed by atoms with van der Waals surface area (Å²) in [4.78, 5) is 0. The zero-order valence-electron chi connectivity index (χ0n) is 15.3. The third-order valence-electron chi connectivity index (χ3n) is 4.80. The maximum Gasteiger partial charge on any atom is 0.349 e. The summed E-state index contributed by atoms with van der Waals surface area (Å²) < 4.78 is 23.6. The molecule has 0 amide bonds. The first-order chi connectivity index (χ1) is 14.1. The summed E-state index contributed by atoms with van der Waals surface area (Å²) in [6.45, 7) is 0. The van der Waals surface area contributed by atoms with E-state index < -0.39 is 7.68 Å². The monoisotopic (exact) mass is 400 g/mol. The van der Waals surface area contributed by atoms with Crippen molar-refractivity contribution in [3.63, 3.8) is 0 Å². The van der Waals surface area contributed by atoms with Gasteiger partial charge in [-0.1, -0.05) is 78.9 Å². The molecule has 0 bridgehead atoms. The van der Waals surface area contributed by atoms with Crippen molar-refractivity contribution in [1.29, 1.82) is 0 Å². The van der Waals surface area contributed by atoms with Crippen LogP contribution in [-0.4, -0.2) is 10.2 Å². The maximum absolute atomic E-state index is 11.8. The molecular weight excluding hydrogens is 383 g/mol. The van der Waals surface area contributed by atoms with Gasteiger partial charge in [-0.2, -0.15) is 0 Å². The summed E-state index contributed by atoms with van der Waals surface area (Å²) in [7, 11) is -2.89. The fourth-order valence-electron chi connectivity index (χ4n) is 3.50. The number of phenols is 2. The average molecular weight is 400 g/mol. The van der Waals surface area contributed by atoms with E-state index >= 15 is 0 Å². The van der Waals surface area contributed by atoms with E-state index in [-0.39, 0.29) is 22.4 Å². The predicted octanol–water partition coefficient (Wildman–Crippen LogP) is 5.90. The Morgan fingerprint density at radius 1 is 0.586 bits per heavy atom. The van der Waals surface area contributed by atoms with Crippen molar-refractivity contribution in [2.45, 2.75) is 0 Å². The fraction of sp³-hybridized carbons (Fsp3) is 0. The Bertz CT molecular complexity index is 1240. The van der Waals surface area contributed by atoms with Crippen LogP contribution in [0.25, 0.3) is 33.4 Å². The van der Waals surface area contributed by atoms with Gasteiger partial charge in [-0.15, -0.1) is 0 Å². The highest BCUT2D eigenvalue weighted by atomic mass is 31.1. The van der Waals surface area contributed by atoms with Gasteiger partial charge in [0, 0.05) is 22.3 Å². The molecule has 0 saturated heterocycles. The van der Waals surface area contributed by atoms with E-state index in [2.05, 4.69) is 0 Å². The second-order valence-corrected chi connectivity index (χ2v) is 7.54. The molecule has 0 aliphatic heterocycles. The van der Waals surface area contributed by atoms with E-state index in [1.807, 2.05) is 60.7 Å². The van der Waals surface area contributed by atoms with Crippen LogP contribution in [0.1, 0.15) is 0 Å². The molecule has 0 aliphatic rings. The normalized spacial score (nSPS) is 10.6. The zero-order valence-corrected chi connectivity index (χ0v) is 16.2. The van der Waals surface area contributed by atoms with Gasteiger partial charge in [-0.05, 0) is 23.3 Å². The summed E-state index contributed by atoms with van der Waals surface area (Å²) >= 11 is 0. The Balaban J connectivity index is 2.11.